The van der Waals surface area contributed by atoms with Crippen molar-refractivity contribution < 1.29 is 9.84 Å². The van der Waals surface area contributed by atoms with Crippen LogP contribution in [0.2, 0.25) is 0 Å². The maximum absolute atomic E-state index is 8.74. The number of anilines is 1. The van der Waals surface area contributed by atoms with Gasteiger partial charge >= 0.3 is 0 Å². The quantitative estimate of drug-likeness (QED) is 0.769. The highest BCUT2D eigenvalue weighted by Gasteiger charge is 2.05. The molecule has 2 N–H and O–H groups in total. The monoisotopic (exact) mass is 246 g/mol. The summed E-state index contributed by atoms with van der Waals surface area (Å²) < 4.78 is 5.34. The third-order valence-corrected chi connectivity index (χ3v) is 2.86. The molecule has 1 aromatic carbocycles. The van der Waals surface area contributed by atoms with Gasteiger partial charge in [-0.3, -0.25) is 0 Å². The van der Waals surface area contributed by atoms with Crippen LogP contribution in [0.3, 0.4) is 0 Å². The zero-order valence-corrected chi connectivity index (χ0v) is 10.5. The Morgan fingerprint density at radius 1 is 1.22 bits per heavy atom. The van der Waals surface area contributed by atoms with Crippen LogP contribution < -0.4 is 10.1 Å². The van der Waals surface area contributed by atoms with Crippen molar-refractivity contribution in [2.24, 2.45) is 0 Å². The van der Waals surface area contributed by atoms with Crippen LogP contribution in [-0.4, -0.2) is 30.4 Å². The molecule has 4 heteroatoms. The van der Waals surface area contributed by atoms with Crippen molar-refractivity contribution in [1.29, 1.82) is 0 Å². The molecule has 0 spiro atoms. The molecule has 96 valence electrons. The van der Waals surface area contributed by atoms with Crippen LogP contribution in [0.15, 0.2) is 30.5 Å². The lowest BCUT2D eigenvalue weighted by Crippen LogP contribution is -2.04. The summed E-state index contributed by atoms with van der Waals surface area (Å²) in [4.78, 5) is 4.35. The summed E-state index contributed by atoms with van der Waals surface area (Å²) >= 11 is 0. The second-order valence-corrected chi connectivity index (χ2v) is 4.07. The third-order valence-electron chi connectivity index (χ3n) is 2.86. The third kappa shape index (κ3) is 2.71. The van der Waals surface area contributed by atoms with Crippen molar-refractivity contribution in [2.45, 2.75) is 12.8 Å². The average molecular weight is 246 g/mol. The van der Waals surface area contributed by atoms with E-state index in [1.165, 1.54) is 0 Å². The summed E-state index contributed by atoms with van der Waals surface area (Å²) in [5, 5.41) is 14.2. The van der Waals surface area contributed by atoms with Crippen molar-refractivity contribution in [1.82, 2.24) is 4.98 Å². The molecular weight excluding hydrogens is 228 g/mol. The average Bonchev–Trinajstić information content (AvgIpc) is 2.43. The van der Waals surface area contributed by atoms with Crippen molar-refractivity contribution >= 4 is 16.6 Å². The van der Waals surface area contributed by atoms with Gasteiger partial charge in [0.1, 0.15) is 11.6 Å². The largest absolute Gasteiger partial charge is 0.496 e. The van der Waals surface area contributed by atoms with Crippen LogP contribution in [0, 0.1) is 0 Å². The van der Waals surface area contributed by atoms with Gasteiger partial charge in [0, 0.05) is 30.1 Å². The van der Waals surface area contributed by atoms with E-state index in [-0.39, 0.29) is 6.61 Å². The smallest absolute Gasteiger partial charge is 0.133 e. The van der Waals surface area contributed by atoms with Crippen LogP contribution >= 0.6 is 0 Å². The highest BCUT2D eigenvalue weighted by atomic mass is 16.5. The predicted octanol–water partition coefficient (Wildman–Crippen LogP) is 2.43. The number of nitrogens with one attached hydrogen (secondary N) is 1. The summed E-state index contributed by atoms with van der Waals surface area (Å²) in [6, 6.07) is 7.88. The topological polar surface area (TPSA) is 54.4 Å². The lowest BCUT2D eigenvalue weighted by molar-refractivity contribution is 0.286. The Bertz CT molecular complexity index is 514. The van der Waals surface area contributed by atoms with Gasteiger partial charge in [-0.25, -0.2) is 4.98 Å². The second kappa shape index (κ2) is 6.21. The Hall–Kier alpha value is -1.81. The van der Waals surface area contributed by atoms with Crippen LogP contribution in [0.5, 0.6) is 5.75 Å². The number of ether oxygens (including phenoxy) is 1. The number of aliphatic hydroxyl groups is 1. The lowest BCUT2D eigenvalue weighted by atomic mass is 10.1. The first-order valence-electron chi connectivity index (χ1n) is 6.13. The number of aliphatic hydroxyl groups excluding tert-OH is 1. The van der Waals surface area contributed by atoms with Gasteiger partial charge in [0.15, 0.2) is 0 Å². The highest BCUT2D eigenvalue weighted by Crippen LogP contribution is 2.28. The molecule has 18 heavy (non-hydrogen) atoms. The van der Waals surface area contributed by atoms with Crippen LogP contribution in [0.4, 0.5) is 5.82 Å². The molecule has 1 heterocycles. The fourth-order valence-electron chi connectivity index (χ4n) is 1.94. The van der Waals surface area contributed by atoms with E-state index >= 15 is 0 Å². The van der Waals surface area contributed by atoms with Crippen LogP contribution in [0.25, 0.3) is 10.8 Å². The highest BCUT2D eigenvalue weighted by molar-refractivity contribution is 5.95. The number of methoxy groups -OCH3 is 1. The Morgan fingerprint density at radius 3 is 2.89 bits per heavy atom. The zero-order chi connectivity index (χ0) is 12.8. The maximum Gasteiger partial charge on any atom is 0.133 e. The first-order chi connectivity index (χ1) is 8.86. The number of nitrogens with zero attached hydrogens (tertiary/aromatic N) is 1. The van der Waals surface area contributed by atoms with E-state index in [0.29, 0.717) is 0 Å². The fraction of sp³-hybridized carbons (Fsp3) is 0.357. The summed E-state index contributed by atoms with van der Waals surface area (Å²) in [5.41, 5.74) is 0. The molecule has 2 rings (SSSR count). The van der Waals surface area contributed by atoms with Gasteiger partial charge in [0.25, 0.3) is 0 Å². The van der Waals surface area contributed by atoms with Crippen LogP contribution in [-0.2, 0) is 0 Å². The van der Waals surface area contributed by atoms with Gasteiger partial charge in [-0.15, -0.1) is 0 Å². The number of aromatic nitrogens is 1. The van der Waals surface area contributed by atoms with E-state index in [4.69, 9.17) is 9.84 Å². The molecule has 0 aliphatic carbocycles. The minimum Gasteiger partial charge on any atom is -0.496 e. The van der Waals surface area contributed by atoms with Gasteiger partial charge < -0.3 is 15.2 Å². The number of pyridine rings is 1. The number of hydrogen-bond acceptors (Lipinski definition) is 4. The number of hydrogen-bond donors (Lipinski definition) is 2. The van der Waals surface area contributed by atoms with Crippen molar-refractivity contribution in [3.8, 4) is 5.75 Å². The SMILES string of the molecule is COc1cccc2c(NCCCCO)nccc12. The number of fused-ring (bicyclic) bond motifs is 1. The van der Waals surface area contributed by atoms with Crippen molar-refractivity contribution in [2.75, 3.05) is 25.6 Å². The molecule has 0 aliphatic heterocycles. The number of benzene rings is 1. The van der Waals surface area contributed by atoms with Gasteiger partial charge in [0.05, 0.1) is 7.11 Å². The molecular formula is C14H18N2O2. The molecule has 1 aromatic heterocycles. The first-order valence-corrected chi connectivity index (χ1v) is 6.13. The molecule has 2 aromatic rings. The van der Waals surface area contributed by atoms with E-state index in [2.05, 4.69) is 10.3 Å². The van der Waals surface area contributed by atoms with Crippen LogP contribution in [0.1, 0.15) is 12.8 Å². The molecule has 0 atom stereocenters. The Labute approximate surface area is 107 Å². The molecule has 0 saturated heterocycles. The molecule has 0 amide bonds. The van der Waals surface area contributed by atoms with Gasteiger partial charge in [-0.2, -0.15) is 0 Å². The molecule has 0 saturated carbocycles. The van der Waals surface area contributed by atoms with Crippen molar-refractivity contribution in [3.05, 3.63) is 30.5 Å². The van der Waals surface area contributed by atoms with Gasteiger partial charge in [0.2, 0.25) is 0 Å². The van der Waals surface area contributed by atoms with E-state index in [1.54, 1.807) is 13.3 Å². The zero-order valence-electron chi connectivity index (χ0n) is 10.5. The molecule has 0 radical (unpaired) electrons. The van der Waals surface area contributed by atoms with E-state index in [1.807, 2.05) is 24.3 Å². The summed E-state index contributed by atoms with van der Waals surface area (Å²) in [6.07, 6.45) is 3.51. The molecule has 0 bridgehead atoms. The minimum atomic E-state index is 0.235. The molecule has 0 unspecified atom stereocenters. The summed E-state index contributed by atoms with van der Waals surface area (Å²) in [7, 11) is 1.67. The van der Waals surface area contributed by atoms with Gasteiger partial charge in [-0.1, -0.05) is 12.1 Å². The second-order valence-electron chi connectivity index (χ2n) is 4.07. The van der Waals surface area contributed by atoms with E-state index in [9.17, 15) is 0 Å². The first kappa shape index (κ1) is 12.6. The van der Waals surface area contributed by atoms with Crippen molar-refractivity contribution in [3.63, 3.8) is 0 Å². The maximum atomic E-state index is 8.74. The Morgan fingerprint density at radius 2 is 2.11 bits per heavy atom. The Balaban J connectivity index is 2.23. The minimum absolute atomic E-state index is 0.235. The molecule has 0 aliphatic rings. The van der Waals surface area contributed by atoms with Gasteiger partial charge in [-0.05, 0) is 25.0 Å². The van der Waals surface area contributed by atoms with E-state index in [0.717, 1.165) is 41.7 Å². The summed E-state index contributed by atoms with van der Waals surface area (Å²) in [6.45, 7) is 1.04. The predicted molar refractivity (Wildman–Crippen MR) is 73.1 cm³/mol. The summed E-state index contributed by atoms with van der Waals surface area (Å²) in [5.74, 6) is 1.72. The lowest BCUT2D eigenvalue weighted by Gasteiger charge is -2.10. The van der Waals surface area contributed by atoms with E-state index < -0.39 is 0 Å². The number of unbranched alkanes of at least 4 members (excludes halogenated alkanes) is 1. The number of rotatable bonds is 6. The standard InChI is InChI=1S/C14H18N2O2/c1-18-13-6-4-5-12-11(13)7-9-16-14(12)15-8-2-3-10-17/h4-7,9,17H,2-3,8,10H2,1H3,(H,15,16). The molecule has 4 nitrogen and oxygen atoms in total. The fourth-order valence-corrected chi connectivity index (χ4v) is 1.94. The normalized spacial score (nSPS) is 10.6. The Kier molecular flexibility index (Phi) is 4.36. The molecule has 0 fully saturated rings.